The van der Waals surface area contributed by atoms with E-state index in [2.05, 4.69) is 5.32 Å². The molecule has 1 saturated heterocycles. The van der Waals surface area contributed by atoms with Crippen LogP contribution >= 0.6 is 0 Å². The van der Waals surface area contributed by atoms with Gasteiger partial charge in [-0.2, -0.15) is 0 Å². The third kappa shape index (κ3) is 10.0. The summed E-state index contributed by atoms with van der Waals surface area (Å²) in [5.41, 5.74) is 1.29. The highest BCUT2D eigenvalue weighted by Crippen LogP contribution is 2.28. The van der Waals surface area contributed by atoms with Crippen molar-refractivity contribution in [3.05, 3.63) is 71.5 Å². The van der Waals surface area contributed by atoms with Crippen molar-refractivity contribution in [1.82, 2.24) is 10.2 Å². The second kappa shape index (κ2) is 14.9. The van der Waals surface area contributed by atoms with E-state index in [1.54, 1.807) is 32.9 Å². The fourth-order valence-corrected chi connectivity index (χ4v) is 4.88. The molecular formula is C32H43FN2O5. The first-order valence-corrected chi connectivity index (χ1v) is 14.3. The normalized spacial score (nSPS) is 18.6. The summed E-state index contributed by atoms with van der Waals surface area (Å²) in [6.07, 6.45) is 3.85. The summed E-state index contributed by atoms with van der Waals surface area (Å²) >= 11 is 0. The fraction of sp³-hybridized carbons (Fsp3) is 0.531. The molecule has 2 aromatic rings. The number of nitrogens with one attached hydrogen (secondary N) is 1. The van der Waals surface area contributed by atoms with E-state index in [4.69, 9.17) is 9.47 Å². The van der Waals surface area contributed by atoms with E-state index in [-0.39, 0.29) is 36.7 Å². The van der Waals surface area contributed by atoms with Crippen LogP contribution in [0.1, 0.15) is 76.8 Å². The summed E-state index contributed by atoms with van der Waals surface area (Å²) < 4.78 is 24.7. The molecule has 8 heteroatoms. The van der Waals surface area contributed by atoms with Gasteiger partial charge >= 0.3 is 11.9 Å². The van der Waals surface area contributed by atoms with Gasteiger partial charge in [0, 0.05) is 12.5 Å². The number of amides is 1. The maximum Gasteiger partial charge on any atom is 0.326 e. The van der Waals surface area contributed by atoms with Crippen molar-refractivity contribution in [3.63, 3.8) is 0 Å². The van der Waals surface area contributed by atoms with E-state index in [1.807, 2.05) is 37.3 Å². The Morgan fingerprint density at radius 3 is 2.42 bits per heavy atom. The van der Waals surface area contributed by atoms with Gasteiger partial charge in [-0.05, 0) is 76.1 Å². The molecule has 0 aliphatic carbocycles. The van der Waals surface area contributed by atoms with Gasteiger partial charge in [-0.15, -0.1) is 0 Å². The van der Waals surface area contributed by atoms with Gasteiger partial charge in [-0.3, -0.25) is 19.7 Å². The van der Waals surface area contributed by atoms with Crippen LogP contribution in [0.2, 0.25) is 0 Å². The van der Waals surface area contributed by atoms with Crippen molar-refractivity contribution in [2.75, 3.05) is 19.7 Å². The van der Waals surface area contributed by atoms with Crippen LogP contribution in [0.25, 0.3) is 0 Å². The number of carbonyl (C=O) groups excluding carboxylic acids is 3. The molecule has 1 heterocycles. The summed E-state index contributed by atoms with van der Waals surface area (Å²) in [6.45, 7) is 7.78. The third-order valence-corrected chi connectivity index (χ3v) is 6.93. The van der Waals surface area contributed by atoms with Gasteiger partial charge in [0.2, 0.25) is 5.91 Å². The number of halogens is 1. The second-order valence-electron chi connectivity index (χ2n) is 11.4. The summed E-state index contributed by atoms with van der Waals surface area (Å²) in [5, 5.41) is 3.30. The van der Waals surface area contributed by atoms with Gasteiger partial charge in [0.15, 0.2) is 0 Å². The van der Waals surface area contributed by atoms with E-state index in [9.17, 15) is 18.8 Å². The average Bonchev–Trinajstić information content (AvgIpc) is 3.05. The van der Waals surface area contributed by atoms with Crippen molar-refractivity contribution < 1.29 is 28.2 Å². The van der Waals surface area contributed by atoms with Crippen molar-refractivity contribution >= 4 is 17.8 Å². The Balaban J connectivity index is 1.81. The Hall–Kier alpha value is -3.26. The van der Waals surface area contributed by atoms with Crippen LogP contribution in [0.5, 0.6) is 0 Å². The van der Waals surface area contributed by atoms with Gasteiger partial charge in [-0.25, -0.2) is 4.39 Å². The number of hydrogen-bond acceptors (Lipinski definition) is 6. The SMILES string of the molecule is CCCCOC(=O)[C@H](CCc1ccccc1)N[C@H]1CC[C@H](c2ccc(F)cc2)CN(CC(=O)OC(C)(C)C)C1=O. The summed E-state index contributed by atoms with van der Waals surface area (Å²) in [6, 6.07) is 14.7. The number of carbonyl (C=O) groups is 3. The molecule has 40 heavy (non-hydrogen) atoms. The maximum absolute atomic E-state index is 13.8. The minimum Gasteiger partial charge on any atom is -0.465 e. The summed E-state index contributed by atoms with van der Waals surface area (Å²) in [4.78, 5) is 41.2. The summed E-state index contributed by atoms with van der Waals surface area (Å²) in [5.74, 6) is -1.57. The number of ether oxygens (including phenoxy) is 2. The molecule has 0 aromatic heterocycles. The monoisotopic (exact) mass is 554 g/mol. The number of hydrogen-bond donors (Lipinski definition) is 1. The molecule has 0 saturated carbocycles. The van der Waals surface area contributed by atoms with E-state index < -0.39 is 23.7 Å². The lowest BCUT2D eigenvalue weighted by Gasteiger charge is -2.29. The molecule has 0 radical (unpaired) electrons. The number of nitrogens with zero attached hydrogens (tertiary/aromatic N) is 1. The highest BCUT2D eigenvalue weighted by atomic mass is 19.1. The van der Waals surface area contributed by atoms with Crippen molar-refractivity contribution in [1.29, 1.82) is 0 Å². The van der Waals surface area contributed by atoms with Crippen LogP contribution in [0.3, 0.4) is 0 Å². The zero-order valence-electron chi connectivity index (χ0n) is 24.2. The highest BCUT2D eigenvalue weighted by Gasteiger charge is 2.36. The third-order valence-electron chi connectivity index (χ3n) is 6.93. The molecule has 2 aromatic carbocycles. The van der Waals surface area contributed by atoms with Gasteiger partial charge in [-0.1, -0.05) is 55.8 Å². The van der Waals surface area contributed by atoms with E-state index in [1.165, 1.54) is 17.0 Å². The number of rotatable bonds is 12. The molecular weight excluding hydrogens is 511 g/mol. The molecule has 0 unspecified atom stereocenters. The fourth-order valence-electron chi connectivity index (χ4n) is 4.88. The summed E-state index contributed by atoms with van der Waals surface area (Å²) in [7, 11) is 0. The molecule has 1 amide bonds. The van der Waals surface area contributed by atoms with Crippen LogP contribution < -0.4 is 5.32 Å². The first-order chi connectivity index (χ1) is 19.1. The second-order valence-corrected chi connectivity index (χ2v) is 11.4. The minimum absolute atomic E-state index is 0.0990. The zero-order valence-corrected chi connectivity index (χ0v) is 24.2. The lowest BCUT2D eigenvalue weighted by atomic mass is 9.93. The van der Waals surface area contributed by atoms with Crippen LogP contribution in [0, 0.1) is 5.82 Å². The molecule has 218 valence electrons. The van der Waals surface area contributed by atoms with E-state index in [0.29, 0.717) is 32.3 Å². The Morgan fingerprint density at radius 1 is 1.07 bits per heavy atom. The van der Waals surface area contributed by atoms with Crippen molar-refractivity contribution in [2.24, 2.45) is 0 Å². The Morgan fingerprint density at radius 2 is 1.77 bits per heavy atom. The van der Waals surface area contributed by atoms with Gasteiger partial charge in [0.25, 0.3) is 0 Å². The smallest absolute Gasteiger partial charge is 0.326 e. The largest absolute Gasteiger partial charge is 0.465 e. The van der Waals surface area contributed by atoms with Crippen molar-refractivity contribution in [3.8, 4) is 0 Å². The van der Waals surface area contributed by atoms with Crippen LogP contribution in [0.4, 0.5) is 4.39 Å². The maximum atomic E-state index is 13.8. The molecule has 1 fully saturated rings. The number of aryl methyl sites for hydroxylation is 1. The predicted octanol–water partition coefficient (Wildman–Crippen LogP) is 5.18. The Labute approximate surface area is 237 Å². The van der Waals surface area contributed by atoms with Crippen molar-refractivity contribution in [2.45, 2.75) is 89.8 Å². The Kier molecular flexibility index (Phi) is 11.7. The number of likely N-dealkylation sites (tertiary alicyclic amines) is 1. The lowest BCUT2D eigenvalue weighted by molar-refractivity contribution is -0.159. The number of unbranched alkanes of at least 4 members (excludes halogenated alkanes) is 1. The highest BCUT2D eigenvalue weighted by molar-refractivity contribution is 5.87. The molecule has 1 N–H and O–H groups in total. The van der Waals surface area contributed by atoms with Gasteiger partial charge in [0.05, 0.1) is 12.6 Å². The van der Waals surface area contributed by atoms with Crippen LogP contribution in [0.15, 0.2) is 54.6 Å². The molecule has 1 aliphatic rings. The Bertz CT molecular complexity index is 1100. The first-order valence-electron chi connectivity index (χ1n) is 14.3. The molecule has 0 spiro atoms. The number of esters is 2. The number of benzene rings is 2. The van der Waals surface area contributed by atoms with Gasteiger partial charge < -0.3 is 14.4 Å². The zero-order chi connectivity index (χ0) is 29.1. The van der Waals surface area contributed by atoms with Crippen LogP contribution in [-0.2, 0) is 30.3 Å². The molecule has 1 aliphatic heterocycles. The topological polar surface area (TPSA) is 84.9 Å². The van der Waals surface area contributed by atoms with E-state index >= 15 is 0 Å². The molecule has 0 bridgehead atoms. The van der Waals surface area contributed by atoms with Crippen LogP contribution in [-0.4, -0.2) is 60.1 Å². The molecule has 7 nitrogen and oxygen atoms in total. The first kappa shape index (κ1) is 31.3. The molecule has 3 atom stereocenters. The van der Waals surface area contributed by atoms with Gasteiger partial charge in [0.1, 0.15) is 24.0 Å². The van der Waals surface area contributed by atoms with E-state index in [0.717, 1.165) is 24.0 Å². The standard InChI is InChI=1S/C32H43FN2O5/c1-5-6-20-39-31(38)28(18-12-23-10-8-7-9-11-23)34-27-19-15-25(24-13-16-26(33)17-14-24)21-35(30(27)37)22-29(36)40-32(2,3)4/h7-11,13-14,16-17,25,27-28,34H,5-6,12,15,18-22H2,1-4H3/t25-,27-,28-/m0/s1. The predicted molar refractivity (Wildman–Crippen MR) is 152 cm³/mol. The molecule has 3 rings (SSSR count). The quantitative estimate of drug-likeness (QED) is 0.288. The minimum atomic E-state index is -0.690. The lowest BCUT2D eigenvalue weighted by Crippen LogP contribution is -2.53. The average molecular weight is 555 g/mol.